The minimum absolute atomic E-state index is 0.0658. The molecule has 1 aliphatic heterocycles. The molecule has 1 aromatic heterocycles. The molecule has 37 heavy (non-hydrogen) atoms. The lowest BCUT2D eigenvalue weighted by molar-refractivity contribution is -0.126. The van der Waals surface area contributed by atoms with Gasteiger partial charge in [-0.05, 0) is 70.6 Å². The Bertz CT molecular complexity index is 1290. The summed E-state index contributed by atoms with van der Waals surface area (Å²) in [5.74, 6) is 0.277. The van der Waals surface area contributed by atoms with Crippen molar-refractivity contribution in [1.82, 2.24) is 20.0 Å². The van der Waals surface area contributed by atoms with Crippen LogP contribution in [0.25, 0.3) is 5.69 Å². The number of aromatic nitrogens is 2. The van der Waals surface area contributed by atoms with Crippen LogP contribution in [0.5, 0.6) is 0 Å². The van der Waals surface area contributed by atoms with Crippen molar-refractivity contribution in [2.45, 2.75) is 26.2 Å². The van der Waals surface area contributed by atoms with Crippen molar-refractivity contribution in [3.63, 3.8) is 0 Å². The number of halogens is 1. The summed E-state index contributed by atoms with van der Waals surface area (Å²) in [6.07, 6.45) is 2.41. The van der Waals surface area contributed by atoms with Gasteiger partial charge in [-0.1, -0.05) is 41.4 Å². The number of hydrogen-bond donors (Lipinski definition) is 2. The van der Waals surface area contributed by atoms with Crippen LogP contribution in [0.4, 0.5) is 5.82 Å². The first kappa shape index (κ1) is 26.4. The highest BCUT2D eigenvalue weighted by Gasteiger charge is 2.25. The summed E-state index contributed by atoms with van der Waals surface area (Å²) in [6, 6.07) is 16.4. The predicted octanol–water partition coefficient (Wildman–Crippen LogP) is 4.20. The Morgan fingerprint density at radius 3 is 2.41 bits per heavy atom. The molecule has 2 N–H and O–H groups in total. The van der Waals surface area contributed by atoms with Crippen molar-refractivity contribution in [2.24, 2.45) is 5.92 Å². The molecule has 1 aliphatic rings. The maximum atomic E-state index is 13.3. The molecule has 3 aromatic rings. The molecule has 0 radical (unpaired) electrons. The highest BCUT2D eigenvalue weighted by molar-refractivity contribution is 6.30. The zero-order valence-electron chi connectivity index (χ0n) is 21.1. The van der Waals surface area contributed by atoms with E-state index >= 15 is 0 Å². The Labute approximate surface area is 222 Å². The predicted molar refractivity (Wildman–Crippen MR) is 144 cm³/mol. The first-order valence-electron chi connectivity index (χ1n) is 12.5. The van der Waals surface area contributed by atoms with Crippen molar-refractivity contribution in [2.75, 3.05) is 38.5 Å². The Morgan fingerprint density at radius 2 is 1.76 bits per heavy atom. The Morgan fingerprint density at radius 1 is 1.08 bits per heavy atom. The van der Waals surface area contributed by atoms with E-state index in [0.29, 0.717) is 41.6 Å². The van der Waals surface area contributed by atoms with Gasteiger partial charge < -0.3 is 15.5 Å². The number of aryl methyl sites for hydroxylation is 1. The number of hydrogen-bond acceptors (Lipinski definition) is 6. The molecule has 192 valence electrons. The molecule has 0 saturated carbocycles. The third-order valence-electron chi connectivity index (χ3n) is 6.63. The van der Waals surface area contributed by atoms with Gasteiger partial charge in [0.15, 0.2) is 5.69 Å². The van der Waals surface area contributed by atoms with Gasteiger partial charge >= 0.3 is 0 Å². The number of piperidine rings is 1. The average Bonchev–Trinajstić information content (AvgIpc) is 3.27. The summed E-state index contributed by atoms with van der Waals surface area (Å²) in [7, 11) is 2.07. The van der Waals surface area contributed by atoms with Gasteiger partial charge in [0.2, 0.25) is 11.7 Å². The molecule has 0 unspecified atom stereocenters. The van der Waals surface area contributed by atoms with Gasteiger partial charge in [-0.2, -0.15) is 10.4 Å². The third kappa shape index (κ3) is 6.37. The second kappa shape index (κ2) is 12.0. The van der Waals surface area contributed by atoms with E-state index in [1.54, 1.807) is 41.1 Å². The molecule has 1 amide bonds. The molecule has 2 aromatic carbocycles. The number of nitrogens with zero attached hydrogens (tertiary/aromatic N) is 4. The summed E-state index contributed by atoms with van der Waals surface area (Å²) < 4.78 is 1.56. The number of benzene rings is 2. The van der Waals surface area contributed by atoms with Crippen LogP contribution < -0.4 is 10.6 Å². The molecule has 0 bridgehead atoms. The molecule has 2 heterocycles. The van der Waals surface area contributed by atoms with Crippen LogP contribution >= 0.6 is 11.6 Å². The molecular weight excluding hydrogens is 488 g/mol. The zero-order valence-corrected chi connectivity index (χ0v) is 21.9. The van der Waals surface area contributed by atoms with E-state index in [1.807, 2.05) is 19.1 Å². The molecule has 1 saturated heterocycles. The Kier molecular flexibility index (Phi) is 8.59. The topological polar surface area (TPSA) is 103 Å². The largest absolute Gasteiger partial charge is 0.369 e. The minimum Gasteiger partial charge on any atom is -0.369 e. The van der Waals surface area contributed by atoms with E-state index in [4.69, 9.17) is 11.6 Å². The quantitative estimate of drug-likeness (QED) is 0.325. The summed E-state index contributed by atoms with van der Waals surface area (Å²) in [4.78, 5) is 28.0. The second-order valence-electron chi connectivity index (χ2n) is 9.42. The van der Waals surface area contributed by atoms with Crippen LogP contribution in [0.15, 0.2) is 48.5 Å². The number of ketones is 1. The molecular formula is C28H31ClN6O2. The van der Waals surface area contributed by atoms with Gasteiger partial charge in [0.1, 0.15) is 17.5 Å². The number of likely N-dealkylation sites (tertiary alicyclic amines) is 1. The summed E-state index contributed by atoms with van der Waals surface area (Å²) in [6.45, 7) is 4.83. The van der Waals surface area contributed by atoms with E-state index < -0.39 is 0 Å². The molecule has 0 aliphatic carbocycles. The lowest BCUT2D eigenvalue weighted by Crippen LogP contribution is -2.39. The van der Waals surface area contributed by atoms with Gasteiger partial charge in [0, 0.05) is 29.6 Å². The maximum Gasteiger partial charge on any atom is 0.223 e. The molecule has 0 spiro atoms. The third-order valence-corrected chi connectivity index (χ3v) is 6.88. The number of nitriles is 1. The van der Waals surface area contributed by atoms with E-state index in [1.165, 1.54) is 0 Å². The van der Waals surface area contributed by atoms with Crippen molar-refractivity contribution in [3.8, 4) is 11.8 Å². The van der Waals surface area contributed by atoms with Gasteiger partial charge in [-0.25, -0.2) is 4.68 Å². The van der Waals surface area contributed by atoms with E-state index in [2.05, 4.69) is 33.7 Å². The standard InChI is InChI=1S/C28H31ClN6O2/c1-19-4-6-20(7-5-19)26(36)25-24(18-30)27(35(33-25)23-10-8-22(29)9-11-23)31-14-3-15-32-28(37)21-12-16-34(2)17-13-21/h4-11,21,31H,3,12-17H2,1-2H3,(H,32,37). The summed E-state index contributed by atoms with van der Waals surface area (Å²) in [5.41, 5.74) is 2.43. The first-order valence-corrected chi connectivity index (χ1v) is 12.9. The number of nitrogens with one attached hydrogen (secondary N) is 2. The fourth-order valence-corrected chi connectivity index (χ4v) is 4.50. The van der Waals surface area contributed by atoms with Gasteiger partial charge in [-0.3, -0.25) is 9.59 Å². The number of carbonyl (C=O) groups excluding carboxylic acids is 2. The van der Waals surface area contributed by atoms with Crippen LogP contribution in [-0.4, -0.2) is 59.6 Å². The van der Waals surface area contributed by atoms with Crippen molar-refractivity contribution in [3.05, 3.63) is 75.9 Å². The molecule has 8 nitrogen and oxygen atoms in total. The van der Waals surface area contributed by atoms with Gasteiger partial charge in [0.05, 0.1) is 5.69 Å². The highest BCUT2D eigenvalue weighted by Crippen LogP contribution is 2.26. The second-order valence-corrected chi connectivity index (χ2v) is 9.85. The van der Waals surface area contributed by atoms with Gasteiger partial charge in [-0.15, -0.1) is 0 Å². The van der Waals surface area contributed by atoms with Crippen molar-refractivity contribution in [1.29, 1.82) is 5.26 Å². The summed E-state index contributed by atoms with van der Waals surface area (Å²) >= 11 is 6.06. The first-order chi connectivity index (χ1) is 17.9. The van der Waals surface area contributed by atoms with Gasteiger partial charge in [0.25, 0.3) is 0 Å². The smallest absolute Gasteiger partial charge is 0.223 e. The van der Waals surface area contributed by atoms with Crippen LogP contribution in [0.1, 0.15) is 46.4 Å². The number of carbonyl (C=O) groups is 2. The summed E-state index contributed by atoms with van der Waals surface area (Å²) in [5, 5.41) is 21.4. The average molecular weight is 519 g/mol. The SMILES string of the molecule is Cc1ccc(C(=O)c2nn(-c3ccc(Cl)cc3)c(NCCCNC(=O)C3CCN(C)CC3)c2C#N)cc1. The molecule has 9 heteroatoms. The van der Waals surface area contributed by atoms with E-state index in [9.17, 15) is 14.9 Å². The number of amides is 1. The number of anilines is 1. The number of rotatable bonds is 9. The minimum atomic E-state index is -0.322. The van der Waals surface area contributed by atoms with Crippen LogP contribution in [0, 0.1) is 24.2 Å². The highest BCUT2D eigenvalue weighted by atomic mass is 35.5. The van der Waals surface area contributed by atoms with Crippen LogP contribution in [0.2, 0.25) is 5.02 Å². The van der Waals surface area contributed by atoms with E-state index in [0.717, 1.165) is 31.5 Å². The fraction of sp³-hybridized carbons (Fsp3) is 0.357. The molecule has 4 rings (SSSR count). The monoisotopic (exact) mass is 518 g/mol. The van der Waals surface area contributed by atoms with Crippen LogP contribution in [-0.2, 0) is 4.79 Å². The van der Waals surface area contributed by atoms with Crippen molar-refractivity contribution < 1.29 is 9.59 Å². The fourth-order valence-electron chi connectivity index (χ4n) is 4.38. The lowest BCUT2D eigenvalue weighted by atomic mass is 9.96. The molecule has 1 fully saturated rings. The van der Waals surface area contributed by atoms with Crippen molar-refractivity contribution >= 4 is 29.1 Å². The van der Waals surface area contributed by atoms with E-state index in [-0.39, 0.29) is 28.9 Å². The molecule has 0 atom stereocenters. The maximum absolute atomic E-state index is 13.3. The lowest BCUT2D eigenvalue weighted by Gasteiger charge is -2.28. The normalized spacial score (nSPS) is 14.2. The zero-order chi connectivity index (χ0) is 26.4. The van der Waals surface area contributed by atoms with Crippen LogP contribution in [0.3, 0.4) is 0 Å². The Balaban J connectivity index is 1.49. The Hall–Kier alpha value is -3.67.